The van der Waals surface area contributed by atoms with Gasteiger partial charge in [0.1, 0.15) is 21.5 Å². The zero-order chi connectivity index (χ0) is 16.4. The van der Waals surface area contributed by atoms with Crippen molar-refractivity contribution in [1.29, 1.82) is 0 Å². The van der Waals surface area contributed by atoms with Gasteiger partial charge in [0.15, 0.2) is 5.75 Å². The molecule has 0 amide bonds. The fraction of sp³-hybridized carbons (Fsp3) is 0.267. The molecule has 0 aliphatic heterocycles. The number of aromatic hydroxyl groups is 1. The third-order valence-electron chi connectivity index (χ3n) is 3.00. The van der Waals surface area contributed by atoms with E-state index in [0.717, 1.165) is 0 Å². The van der Waals surface area contributed by atoms with Crippen LogP contribution < -0.4 is 9.47 Å². The molecule has 0 bridgehead atoms. The van der Waals surface area contributed by atoms with E-state index in [0.29, 0.717) is 11.3 Å². The van der Waals surface area contributed by atoms with Crippen molar-refractivity contribution in [2.24, 2.45) is 0 Å². The maximum Gasteiger partial charge on any atom is 0.239 e. The summed E-state index contributed by atoms with van der Waals surface area (Å²) in [5.41, 5.74) is 0.686. The van der Waals surface area contributed by atoms with Gasteiger partial charge in [-0.1, -0.05) is 37.0 Å². The molecule has 1 N–H and O–H groups in total. The number of halogens is 3. The Bertz CT molecular complexity index is 708. The summed E-state index contributed by atoms with van der Waals surface area (Å²) in [5, 5.41) is 9.43. The van der Waals surface area contributed by atoms with E-state index in [4.69, 9.17) is 32.7 Å². The van der Waals surface area contributed by atoms with Crippen LogP contribution in [-0.2, 0) is 0 Å². The number of methoxy groups -OCH3 is 1. The Balaban J connectivity index is 2.47. The van der Waals surface area contributed by atoms with E-state index in [1.54, 1.807) is 6.07 Å². The maximum absolute atomic E-state index is 13.7. The summed E-state index contributed by atoms with van der Waals surface area (Å²) >= 11 is 11.9. The van der Waals surface area contributed by atoms with E-state index in [1.165, 1.54) is 19.2 Å². The third-order valence-corrected chi connectivity index (χ3v) is 3.66. The van der Waals surface area contributed by atoms with Crippen LogP contribution in [0.25, 0.3) is 0 Å². The van der Waals surface area contributed by atoms with Crippen LogP contribution in [0.5, 0.6) is 23.1 Å². The first-order valence-electron chi connectivity index (χ1n) is 6.44. The number of aromatic nitrogens is 1. The van der Waals surface area contributed by atoms with E-state index in [1.807, 2.05) is 13.8 Å². The molecular formula is C15H14Cl2FNO3. The summed E-state index contributed by atoms with van der Waals surface area (Å²) in [6, 6.07) is 4.65. The van der Waals surface area contributed by atoms with Gasteiger partial charge in [-0.15, -0.1) is 0 Å². The number of ether oxygens (including phenoxy) is 2. The van der Waals surface area contributed by atoms with E-state index < -0.39 is 5.95 Å². The smallest absolute Gasteiger partial charge is 0.239 e. The highest BCUT2D eigenvalue weighted by molar-refractivity contribution is 6.37. The molecule has 0 aliphatic rings. The quantitative estimate of drug-likeness (QED) is 0.777. The molecule has 118 valence electrons. The molecule has 0 saturated heterocycles. The fourth-order valence-electron chi connectivity index (χ4n) is 1.88. The average Bonchev–Trinajstić information content (AvgIpc) is 2.48. The molecule has 0 atom stereocenters. The molecule has 0 fully saturated rings. The summed E-state index contributed by atoms with van der Waals surface area (Å²) in [4.78, 5) is 3.48. The lowest BCUT2D eigenvalue weighted by Gasteiger charge is -2.14. The number of hydrogen-bond donors (Lipinski definition) is 1. The van der Waals surface area contributed by atoms with E-state index in [9.17, 15) is 9.50 Å². The van der Waals surface area contributed by atoms with Gasteiger partial charge in [0.25, 0.3) is 0 Å². The minimum Gasteiger partial charge on any atom is -0.508 e. The van der Waals surface area contributed by atoms with Crippen molar-refractivity contribution >= 4 is 23.2 Å². The molecule has 0 spiro atoms. The van der Waals surface area contributed by atoms with Crippen molar-refractivity contribution in [2.75, 3.05) is 7.11 Å². The average molecular weight is 346 g/mol. The summed E-state index contributed by atoms with van der Waals surface area (Å²) in [6.07, 6.45) is 0. The first-order valence-corrected chi connectivity index (χ1v) is 7.20. The van der Waals surface area contributed by atoms with Gasteiger partial charge in [0.05, 0.1) is 7.11 Å². The van der Waals surface area contributed by atoms with Crippen LogP contribution in [0, 0.1) is 5.95 Å². The van der Waals surface area contributed by atoms with Crippen LogP contribution in [0.4, 0.5) is 4.39 Å². The third kappa shape index (κ3) is 3.20. The van der Waals surface area contributed by atoms with Gasteiger partial charge >= 0.3 is 0 Å². The summed E-state index contributed by atoms with van der Waals surface area (Å²) in [5.74, 6) is -0.565. The fourth-order valence-corrected chi connectivity index (χ4v) is 2.35. The van der Waals surface area contributed by atoms with Crippen LogP contribution >= 0.6 is 23.2 Å². The second kappa shape index (κ2) is 6.58. The summed E-state index contributed by atoms with van der Waals surface area (Å²) in [6.45, 7) is 3.85. The molecule has 4 nitrogen and oxygen atoms in total. The molecule has 22 heavy (non-hydrogen) atoms. The van der Waals surface area contributed by atoms with Gasteiger partial charge in [-0.2, -0.15) is 9.37 Å². The molecule has 0 unspecified atom stereocenters. The van der Waals surface area contributed by atoms with Crippen molar-refractivity contribution in [3.8, 4) is 23.1 Å². The van der Waals surface area contributed by atoms with Gasteiger partial charge in [0, 0.05) is 5.56 Å². The molecule has 7 heteroatoms. The number of pyridine rings is 1. The van der Waals surface area contributed by atoms with Crippen molar-refractivity contribution < 1.29 is 19.0 Å². The molecule has 1 aromatic heterocycles. The second-order valence-electron chi connectivity index (χ2n) is 4.85. The Morgan fingerprint density at radius 1 is 1.23 bits per heavy atom. The first kappa shape index (κ1) is 16.6. The molecule has 1 heterocycles. The lowest BCUT2D eigenvalue weighted by molar-refractivity contribution is 0.380. The molecule has 0 aliphatic carbocycles. The van der Waals surface area contributed by atoms with Crippen LogP contribution in [0.15, 0.2) is 18.2 Å². The summed E-state index contributed by atoms with van der Waals surface area (Å²) in [7, 11) is 1.31. The Morgan fingerprint density at radius 3 is 2.50 bits per heavy atom. The standard InChI is InChI=1S/C15H14Cl2FNO3/c1-7(2)9-6-8(4-5-10(9)20)22-13-11(16)14(18)19-15(21-3)12(13)17/h4-7,20H,1-3H3. The van der Waals surface area contributed by atoms with E-state index in [2.05, 4.69) is 4.98 Å². The Kier molecular flexibility index (Phi) is 4.98. The predicted octanol–water partition coefficient (Wildman–Crippen LogP) is 5.16. The molecular weight excluding hydrogens is 332 g/mol. The minimum atomic E-state index is -0.944. The first-order chi connectivity index (χ1) is 10.3. The van der Waals surface area contributed by atoms with Gasteiger partial charge in [-0.05, 0) is 24.1 Å². The zero-order valence-corrected chi connectivity index (χ0v) is 13.7. The highest BCUT2D eigenvalue weighted by atomic mass is 35.5. The van der Waals surface area contributed by atoms with Gasteiger partial charge in [0.2, 0.25) is 11.8 Å². The van der Waals surface area contributed by atoms with Crippen LogP contribution in [0.3, 0.4) is 0 Å². The van der Waals surface area contributed by atoms with Crippen molar-refractivity contribution in [2.45, 2.75) is 19.8 Å². The summed E-state index contributed by atoms with van der Waals surface area (Å²) < 4.78 is 24.1. The second-order valence-corrected chi connectivity index (χ2v) is 5.60. The highest BCUT2D eigenvalue weighted by Gasteiger charge is 2.21. The number of phenols is 1. The SMILES string of the molecule is COc1nc(F)c(Cl)c(Oc2ccc(O)c(C(C)C)c2)c1Cl. The molecule has 0 radical (unpaired) electrons. The largest absolute Gasteiger partial charge is 0.508 e. The molecule has 1 aromatic carbocycles. The zero-order valence-electron chi connectivity index (χ0n) is 12.2. The number of nitrogens with zero attached hydrogens (tertiary/aromatic N) is 1. The monoisotopic (exact) mass is 345 g/mol. The lowest BCUT2D eigenvalue weighted by atomic mass is 10.0. The normalized spacial score (nSPS) is 10.9. The molecule has 2 aromatic rings. The Hall–Kier alpha value is -1.72. The van der Waals surface area contributed by atoms with Crippen molar-refractivity contribution in [3.63, 3.8) is 0 Å². The molecule has 0 saturated carbocycles. The van der Waals surface area contributed by atoms with E-state index >= 15 is 0 Å². The van der Waals surface area contributed by atoms with Gasteiger partial charge < -0.3 is 14.6 Å². The number of hydrogen-bond acceptors (Lipinski definition) is 4. The van der Waals surface area contributed by atoms with Gasteiger partial charge in [-0.3, -0.25) is 0 Å². The van der Waals surface area contributed by atoms with Crippen LogP contribution in [0.1, 0.15) is 25.3 Å². The lowest BCUT2D eigenvalue weighted by Crippen LogP contribution is -1.98. The van der Waals surface area contributed by atoms with Crippen molar-refractivity contribution in [3.05, 3.63) is 39.8 Å². The molecule has 2 rings (SSSR count). The highest BCUT2D eigenvalue weighted by Crippen LogP contribution is 2.42. The van der Waals surface area contributed by atoms with Crippen molar-refractivity contribution in [1.82, 2.24) is 4.98 Å². The van der Waals surface area contributed by atoms with Crippen LogP contribution in [-0.4, -0.2) is 17.2 Å². The maximum atomic E-state index is 13.7. The number of benzene rings is 1. The van der Waals surface area contributed by atoms with Gasteiger partial charge in [-0.25, -0.2) is 0 Å². The predicted molar refractivity (Wildman–Crippen MR) is 83.0 cm³/mol. The van der Waals surface area contributed by atoms with E-state index in [-0.39, 0.29) is 33.3 Å². The topological polar surface area (TPSA) is 51.6 Å². The Labute approximate surface area is 137 Å². The Morgan fingerprint density at radius 2 is 1.91 bits per heavy atom. The minimum absolute atomic E-state index is 0.0342. The number of phenolic OH excluding ortho intramolecular Hbond substituents is 1. The number of rotatable bonds is 4. The van der Waals surface area contributed by atoms with Crippen LogP contribution in [0.2, 0.25) is 10.0 Å².